The molecule has 2 N–H and O–H groups in total. The molecule has 1 saturated heterocycles. The van der Waals surface area contributed by atoms with Gasteiger partial charge in [-0.25, -0.2) is 0 Å². The van der Waals surface area contributed by atoms with Crippen LogP contribution in [-0.2, 0) is 10.3 Å². The quantitative estimate of drug-likeness (QED) is 0.579. The smallest absolute Gasteiger partial charge is 0.293 e. The van der Waals surface area contributed by atoms with Crippen molar-refractivity contribution < 1.29 is 19.6 Å². The number of carbonyl (C=O) groups is 1. The van der Waals surface area contributed by atoms with Crippen LogP contribution in [0.3, 0.4) is 0 Å². The first-order chi connectivity index (χ1) is 12.9. The molecular formula is C18H21N3O5S. The molecule has 1 amide bonds. The minimum atomic E-state index is -1.17. The van der Waals surface area contributed by atoms with Gasteiger partial charge in [-0.2, -0.15) is 11.3 Å². The Morgan fingerprint density at radius 3 is 2.78 bits per heavy atom. The SMILES string of the molecule is CC(O)(CNc1ccc(C(=O)N2CCOCC2)cc1[N+](=O)[O-])c1ccsc1. The normalized spacial score (nSPS) is 16.6. The average Bonchev–Trinajstić information content (AvgIpc) is 3.22. The predicted octanol–water partition coefficient (Wildman–Crippen LogP) is 2.45. The highest BCUT2D eigenvalue weighted by Crippen LogP contribution is 2.29. The van der Waals surface area contributed by atoms with Crippen molar-refractivity contribution in [3.8, 4) is 0 Å². The van der Waals surface area contributed by atoms with Crippen molar-refractivity contribution in [3.05, 3.63) is 56.3 Å². The summed E-state index contributed by atoms with van der Waals surface area (Å²) in [6.07, 6.45) is 0. The molecule has 144 valence electrons. The highest BCUT2D eigenvalue weighted by Gasteiger charge is 2.26. The van der Waals surface area contributed by atoms with Crippen LogP contribution in [0.25, 0.3) is 0 Å². The Balaban J connectivity index is 1.77. The van der Waals surface area contributed by atoms with Crippen molar-refractivity contribution in [3.63, 3.8) is 0 Å². The summed E-state index contributed by atoms with van der Waals surface area (Å²) in [6, 6.07) is 6.16. The van der Waals surface area contributed by atoms with E-state index in [1.54, 1.807) is 17.9 Å². The van der Waals surface area contributed by atoms with Gasteiger partial charge in [0.2, 0.25) is 0 Å². The highest BCUT2D eigenvalue weighted by molar-refractivity contribution is 7.08. The van der Waals surface area contributed by atoms with E-state index >= 15 is 0 Å². The first-order valence-corrected chi connectivity index (χ1v) is 9.47. The van der Waals surface area contributed by atoms with Crippen LogP contribution < -0.4 is 5.32 Å². The summed E-state index contributed by atoms with van der Waals surface area (Å²) in [5.41, 5.74) is -0.111. The number of anilines is 1. The number of morpholine rings is 1. The van der Waals surface area contributed by atoms with Crippen molar-refractivity contribution in [1.82, 2.24) is 4.90 Å². The number of benzene rings is 1. The number of thiophene rings is 1. The van der Waals surface area contributed by atoms with E-state index in [2.05, 4.69) is 5.32 Å². The Morgan fingerprint density at radius 1 is 1.41 bits per heavy atom. The fraction of sp³-hybridized carbons (Fsp3) is 0.389. The van der Waals surface area contributed by atoms with E-state index in [4.69, 9.17) is 4.74 Å². The number of hydrogen-bond donors (Lipinski definition) is 2. The fourth-order valence-corrected chi connectivity index (χ4v) is 3.64. The summed E-state index contributed by atoms with van der Waals surface area (Å²) in [5.74, 6) is -0.252. The maximum absolute atomic E-state index is 12.5. The van der Waals surface area contributed by atoms with Gasteiger partial charge < -0.3 is 20.1 Å². The number of nitro groups is 1. The molecule has 9 heteroatoms. The number of nitro benzene ring substituents is 1. The number of aliphatic hydroxyl groups is 1. The van der Waals surface area contributed by atoms with Crippen LogP contribution in [0.4, 0.5) is 11.4 Å². The van der Waals surface area contributed by atoms with Gasteiger partial charge in [0.05, 0.1) is 18.1 Å². The van der Waals surface area contributed by atoms with Gasteiger partial charge in [0.1, 0.15) is 11.3 Å². The van der Waals surface area contributed by atoms with Crippen molar-refractivity contribution >= 4 is 28.6 Å². The minimum absolute atomic E-state index is 0.0985. The molecule has 1 atom stereocenters. The van der Waals surface area contributed by atoms with E-state index in [1.807, 2.05) is 16.8 Å². The average molecular weight is 391 g/mol. The molecule has 0 aliphatic carbocycles. The molecule has 1 aliphatic rings. The van der Waals surface area contributed by atoms with E-state index in [9.17, 15) is 20.0 Å². The monoisotopic (exact) mass is 391 g/mol. The van der Waals surface area contributed by atoms with Crippen molar-refractivity contribution in [2.45, 2.75) is 12.5 Å². The van der Waals surface area contributed by atoms with E-state index in [1.165, 1.54) is 23.5 Å². The fourth-order valence-electron chi connectivity index (χ4n) is 2.85. The molecule has 3 rings (SSSR count). The zero-order valence-electron chi connectivity index (χ0n) is 14.9. The van der Waals surface area contributed by atoms with E-state index in [-0.39, 0.29) is 29.4 Å². The van der Waals surface area contributed by atoms with Crippen LogP contribution in [0.15, 0.2) is 35.0 Å². The Hall–Kier alpha value is -2.49. The first kappa shape index (κ1) is 19.3. The second-order valence-corrected chi connectivity index (χ2v) is 7.31. The van der Waals surface area contributed by atoms with Gasteiger partial charge in [-0.05, 0) is 41.4 Å². The van der Waals surface area contributed by atoms with Crippen LogP contribution in [-0.4, -0.2) is 53.7 Å². The molecule has 0 radical (unpaired) electrons. The summed E-state index contributed by atoms with van der Waals surface area (Å²) < 4.78 is 5.23. The van der Waals surface area contributed by atoms with Gasteiger partial charge in [-0.15, -0.1) is 0 Å². The van der Waals surface area contributed by atoms with Crippen LogP contribution in [0, 0.1) is 10.1 Å². The summed E-state index contributed by atoms with van der Waals surface area (Å²) in [6.45, 7) is 3.61. The standard InChI is InChI=1S/C18H21N3O5S/c1-18(23,14-4-9-27-11-14)12-19-15-3-2-13(10-16(15)21(24)25)17(22)20-5-7-26-8-6-20/h2-4,9-11,19,23H,5-8,12H2,1H3. The zero-order valence-corrected chi connectivity index (χ0v) is 15.7. The molecule has 27 heavy (non-hydrogen) atoms. The summed E-state index contributed by atoms with van der Waals surface area (Å²) in [4.78, 5) is 25.1. The lowest BCUT2D eigenvalue weighted by molar-refractivity contribution is -0.384. The van der Waals surface area contributed by atoms with E-state index < -0.39 is 10.5 Å². The maximum Gasteiger partial charge on any atom is 0.293 e. The Morgan fingerprint density at radius 2 is 2.15 bits per heavy atom. The number of hydrogen-bond acceptors (Lipinski definition) is 7. The molecule has 1 aliphatic heterocycles. The van der Waals surface area contributed by atoms with Crippen molar-refractivity contribution in [2.75, 3.05) is 38.2 Å². The molecule has 1 aromatic heterocycles. The second kappa shape index (κ2) is 8.03. The molecule has 1 fully saturated rings. The molecule has 8 nitrogen and oxygen atoms in total. The number of rotatable bonds is 6. The summed E-state index contributed by atoms with van der Waals surface area (Å²) in [5, 5.41) is 28.7. The third-order valence-corrected chi connectivity index (χ3v) is 5.19. The lowest BCUT2D eigenvalue weighted by atomic mass is 9.99. The van der Waals surface area contributed by atoms with Gasteiger partial charge in [0.25, 0.3) is 11.6 Å². The van der Waals surface area contributed by atoms with Crippen LogP contribution in [0.5, 0.6) is 0 Å². The molecule has 1 unspecified atom stereocenters. The zero-order chi connectivity index (χ0) is 19.4. The third-order valence-electron chi connectivity index (χ3n) is 4.51. The lowest BCUT2D eigenvalue weighted by Gasteiger charge is -2.27. The highest BCUT2D eigenvalue weighted by atomic mass is 32.1. The largest absolute Gasteiger partial charge is 0.384 e. The number of carbonyl (C=O) groups excluding carboxylic acids is 1. The van der Waals surface area contributed by atoms with Gasteiger partial charge >= 0.3 is 0 Å². The molecule has 0 saturated carbocycles. The summed E-state index contributed by atoms with van der Waals surface area (Å²) >= 11 is 1.47. The number of ether oxygens (including phenoxy) is 1. The van der Waals surface area contributed by atoms with E-state index in [0.29, 0.717) is 26.3 Å². The topological polar surface area (TPSA) is 105 Å². The van der Waals surface area contributed by atoms with E-state index in [0.717, 1.165) is 5.56 Å². The van der Waals surface area contributed by atoms with Gasteiger partial charge in [-0.1, -0.05) is 0 Å². The second-order valence-electron chi connectivity index (χ2n) is 6.53. The Bertz CT molecular complexity index is 816. The van der Waals surface area contributed by atoms with Crippen molar-refractivity contribution in [1.29, 1.82) is 0 Å². The Kier molecular flexibility index (Phi) is 5.73. The maximum atomic E-state index is 12.5. The van der Waals surface area contributed by atoms with Crippen LogP contribution >= 0.6 is 11.3 Å². The molecule has 1 aromatic carbocycles. The van der Waals surface area contributed by atoms with Gasteiger partial charge in [0.15, 0.2) is 0 Å². The van der Waals surface area contributed by atoms with Gasteiger partial charge in [0, 0.05) is 31.3 Å². The number of amides is 1. The lowest BCUT2D eigenvalue weighted by Crippen LogP contribution is -2.40. The molecule has 0 bridgehead atoms. The number of nitrogens with zero attached hydrogens (tertiary/aromatic N) is 2. The van der Waals surface area contributed by atoms with Crippen LogP contribution in [0.1, 0.15) is 22.8 Å². The van der Waals surface area contributed by atoms with Crippen LogP contribution in [0.2, 0.25) is 0 Å². The molecular weight excluding hydrogens is 370 g/mol. The number of nitrogens with one attached hydrogen (secondary N) is 1. The Labute approximate surface area is 160 Å². The van der Waals surface area contributed by atoms with Crippen molar-refractivity contribution in [2.24, 2.45) is 0 Å². The molecule has 2 heterocycles. The molecule has 2 aromatic rings. The third kappa shape index (κ3) is 4.44. The summed E-state index contributed by atoms with van der Waals surface area (Å²) in [7, 11) is 0. The predicted molar refractivity (Wildman–Crippen MR) is 102 cm³/mol. The van der Waals surface area contributed by atoms with Gasteiger partial charge in [-0.3, -0.25) is 14.9 Å². The first-order valence-electron chi connectivity index (χ1n) is 8.53. The minimum Gasteiger partial charge on any atom is -0.384 e. The molecule has 0 spiro atoms.